The monoisotopic (exact) mass is 351 g/mol. The van der Waals surface area contributed by atoms with E-state index in [1.807, 2.05) is 18.3 Å². The number of piperidine rings is 1. The van der Waals surface area contributed by atoms with E-state index in [2.05, 4.69) is 24.0 Å². The normalized spacial score (nSPS) is 26.2. The third kappa shape index (κ3) is 2.79. The fraction of sp³-hybridized carbons (Fsp3) is 0.524. The summed E-state index contributed by atoms with van der Waals surface area (Å²) in [4.78, 5) is 18.1. The van der Waals surface area contributed by atoms with Crippen molar-refractivity contribution in [1.82, 2.24) is 9.88 Å². The minimum absolute atomic E-state index is 0.0206. The number of aryl methyl sites for hydroxylation is 1. The van der Waals surface area contributed by atoms with E-state index in [9.17, 15) is 10.1 Å². The second kappa shape index (κ2) is 6.77. The highest BCUT2D eigenvalue weighted by Gasteiger charge is 2.48. The van der Waals surface area contributed by atoms with Gasteiger partial charge in [0.25, 0.3) is 0 Å². The van der Waals surface area contributed by atoms with Crippen LogP contribution in [0.1, 0.15) is 43.2 Å². The molecule has 1 aromatic carbocycles. The molecule has 2 aliphatic heterocycles. The molecule has 1 aromatic heterocycles. The zero-order valence-corrected chi connectivity index (χ0v) is 15.3. The molecule has 5 heteroatoms. The van der Waals surface area contributed by atoms with Crippen LogP contribution in [0.5, 0.6) is 0 Å². The van der Waals surface area contributed by atoms with E-state index in [1.54, 1.807) is 4.90 Å². The molecular formula is C21H25N3O2. The van der Waals surface area contributed by atoms with Crippen molar-refractivity contribution < 1.29 is 9.53 Å². The van der Waals surface area contributed by atoms with Crippen LogP contribution < -0.4 is 0 Å². The van der Waals surface area contributed by atoms with Crippen molar-refractivity contribution in [2.75, 3.05) is 13.2 Å². The highest BCUT2D eigenvalue weighted by Crippen LogP contribution is 2.38. The number of aromatic nitrogens is 1. The molecule has 0 bridgehead atoms. The number of fused-ring (bicyclic) bond motifs is 1. The molecule has 136 valence electrons. The second-order valence-electron chi connectivity index (χ2n) is 7.58. The molecule has 1 N–H and O–H groups in total. The van der Waals surface area contributed by atoms with Gasteiger partial charge in [-0.25, -0.2) is 0 Å². The molecule has 0 unspecified atom stereocenters. The summed E-state index contributed by atoms with van der Waals surface area (Å²) in [6, 6.07) is 8.04. The molecule has 2 saturated heterocycles. The number of benzene rings is 1. The van der Waals surface area contributed by atoms with Gasteiger partial charge in [0.15, 0.2) is 0 Å². The molecule has 5 nitrogen and oxygen atoms in total. The highest BCUT2D eigenvalue weighted by molar-refractivity contribution is 5.90. The Balaban J connectivity index is 1.58. The lowest BCUT2D eigenvalue weighted by molar-refractivity contribution is -0.158. The molecule has 0 aliphatic carbocycles. The first-order valence-electron chi connectivity index (χ1n) is 9.53. The van der Waals surface area contributed by atoms with Crippen LogP contribution in [0.15, 0.2) is 24.4 Å². The maximum absolute atomic E-state index is 13.1. The van der Waals surface area contributed by atoms with E-state index in [0.29, 0.717) is 19.6 Å². The van der Waals surface area contributed by atoms with Crippen molar-refractivity contribution in [2.45, 2.75) is 57.1 Å². The average molecular weight is 351 g/mol. The van der Waals surface area contributed by atoms with Crippen LogP contribution >= 0.6 is 0 Å². The molecule has 26 heavy (non-hydrogen) atoms. The Kier molecular flexibility index (Phi) is 4.46. The molecule has 3 heterocycles. The van der Waals surface area contributed by atoms with Crippen LogP contribution in [-0.2, 0) is 16.0 Å². The summed E-state index contributed by atoms with van der Waals surface area (Å²) in [6.07, 6.45) is 7.01. The Labute approximate surface area is 153 Å². The Morgan fingerprint density at radius 3 is 3.00 bits per heavy atom. The Morgan fingerprint density at radius 2 is 2.23 bits per heavy atom. The number of nitrogens with one attached hydrogen (secondary N) is 1. The number of H-pyrrole nitrogens is 1. The summed E-state index contributed by atoms with van der Waals surface area (Å²) in [5.41, 5.74) is 2.79. The van der Waals surface area contributed by atoms with Crippen molar-refractivity contribution in [3.8, 4) is 6.07 Å². The molecule has 1 amide bonds. The summed E-state index contributed by atoms with van der Waals surface area (Å²) in [7, 11) is 0. The number of hydrogen-bond acceptors (Lipinski definition) is 3. The van der Waals surface area contributed by atoms with Gasteiger partial charge in [-0.2, -0.15) is 5.26 Å². The van der Waals surface area contributed by atoms with Gasteiger partial charge in [0.1, 0.15) is 11.6 Å². The summed E-state index contributed by atoms with van der Waals surface area (Å²) in [6.45, 7) is 3.40. The topological polar surface area (TPSA) is 69.1 Å². The lowest BCUT2D eigenvalue weighted by atomic mass is 9.79. The third-order valence-electron chi connectivity index (χ3n) is 5.99. The van der Waals surface area contributed by atoms with Crippen molar-refractivity contribution >= 4 is 16.8 Å². The number of nitrogens with zero attached hydrogens (tertiary/aromatic N) is 2. The number of nitriles is 1. The molecule has 2 atom stereocenters. The van der Waals surface area contributed by atoms with Gasteiger partial charge in [0.2, 0.25) is 5.91 Å². The van der Waals surface area contributed by atoms with Gasteiger partial charge < -0.3 is 14.6 Å². The second-order valence-corrected chi connectivity index (χ2v) is 7.58. The molecular weight excluding hydrogens is 326 g/mol. The van der Waals surface area contributed by atoms with Crippen LogP contribution in [0.2, 0.25) is 0 Å². The Morgan fingerprint density at radius 1 is 1.38 bits per heavy atom. The number of rotatable bonds is 2. The Hall–Kier alpha value is -2.32. The zero-order valence-electron chi connectivity index (χ0n) is 15.3. The molecule has 2 fully saturated rings. The van der Waals surface area contributed by atoms with E-state index in [0.717, 1.165) is 48.6 Å². The van der Waals surface area contributed by atoms with Gasteiger partial charge in [-0.05, 0) is 50.2 Å². The van der Waals surface area contributed by atoms with Gasteiger partial charge in [0.05, 0.1) is 12.5 Å². The van der Waals surface area contributed by atoms with Gasteiger partial charge in [0, 0.05) is 30.3 Å². The largest absolute Gasteiger partial charge is 0.372 e. The maximum Gasteiger partial charge on any atom is 0.228 e. The molecule has 0 radical (unpaired) electrons. The number of ether oxygens (including phenoxy) is 1. The number of aromatic amines is 1. The predicted molar refractivity (Wildman–Crippen MR) is 99.6 cm³/mol. The van der Waals surface area contributed by atoms with Gasteiger partial charge in [-0.1, -0.05) is 18.2 Å². The predicted octanol–water partition coefficient (Wildman–Crippen LogP) is 3.47. The SMILES string of the molecule is Cc1cccc2c(CC(=O)N3CCC[C@]4(CCCCO4)[C@H]3C#N)c[nH]c12. The van der Waals surface area contributed by atoms with Crippen LogP contribution in [0.25, 0.3) is 10.9 Å². The van der Waals surface area contributed by atoms with Crippen molar-refractivity contribution in [3.63, 3.8) is 0 Å². The molecule has 2 aliphatic rings. The summed E-state index contributed by atoms with van der Waals surface area (Å²) < 4.78 is 6.09. The zero-order chi connectivity index (χ0) is 18.1. The number of carbonyl (C=O) groups is 1. The van der Waals surface area contributed by atoms with Crippen LogP contribution in [0.4, 0.5) is 0 Å². The highest BCUT2D eigenvalue weighted by atomic mass is 16.5. The first kappa shape index (κ1) is 17.1. The number of para-hydroxylation sites is 1. The van der Waals surface area contributed by atoms with E-state index < -0.39 is 11.6 Å². The van der Waals surface area contributed by atoms with Crippen LogP contribution in [0, 0.1) is 18.3 Å². The first-order valence-corrected chi connectivity index (χ1v) is 9.53. The molecule has 1 spiro atoms. The smallest absolute Gasteiger partial charge is 0.228 e. The maximum atomic E-state index is 13.1. The number of likely N-dealkylation sites (tertiary alicyclic amines) is 1. The average Bonchev–Trinajstić information content (AvgIpc) is 3.06. The van der Waals surface area contributed by atoms with Crippen LogP contribution in [0.3, 0.4) is 0 Å². The van der Waals surface area contributed by atoms with E-state index in [1.165, 1.54) is 5.56 Å². The van der Waals surface area contributed by atoms with E-state index in [-0.39, 0.29) is 5.91 Å². The third-order valence-corrected chi connectivity index (χ3v) is 5.99. The van der Waals surface area contributed by atoms with Gasteiger partial charge in [-0.15, -0.1) is 0 Å². The minimum Gasteiger partial charge on any atom is -0.372 e. The van der Waals surface area contributed by atoms with E-state index >= 15 is 0 Å². The van der Waals surface area contributed by atoms with E-state index in [4.69, 9.17) is 4.74 Å². The number of carbonyl (C=O) groups excluding carboxylic acids is 1. The van der Waals surface area contributed by atoms with Crippen molar-refractivity contribution in [1.29, 1.82) is 5.26 Å². The summed E-state index contributed by atoms with van der Waals surface area (Å²) >= 11 is 0. The fourth-order valence-corrected chi connectivity index (χ4v) is 4.62. The van der Waals surface area contributed by atoms with Crippen molar-refractivity contribution in [3.05, 3.63) is 35.5 Å². The Bertz CT molecular complexity index is 852. The fourth-order valence-electron chi connectivity index (χ4n) is 4.62. The molecule has 0 saturated carbocycles. The lowest BCUT2D eigenvalue weighted by Gasteiger charge is -2.48. The van der Waals surface area contributed by atoms with Gasteiger partial charge in [-0.3, -0.25) is 4.79 Å². The van der Waals surface area contributed by atoms with Crippen LogP contribution in [-0.4, -0.2) is 40.6 Å². The standard InChI is InChI=1S/C21H25N3O2/c1-15-6-4-7-17-16(14-23-20(15)17)12-19(25)24-10-5-9-21(18(24)13-22)8-2-3-11-26-21/h4,6-7,14,18,23H,2-3,5,8-12H2,1H3/t18-,21-/m1/s1. The summed E-state index contributed by atoms with van der Waals surface area (Å²) in [5, 5.41) is 10.9. The quantitative estimate of drug-likeness (QED) is 0.901. The first-order chi connectivity index (χ1) is 12.6. The minimum atomic E-state index is -0.476. The lowest BCUT2D eigenvalue weighted by Crippen LogP contribution is -2.60. The molecule has 4 rings (SSSR count). The molecule has 2 aromatic rings. The van der Waals surface area contributed by atoms with Gasteiger partial charge >= 0.3 is 0 Å². The summed E-state index contributed by atoms with van der Waals surface area (Å²) in [5.74, 6) is 0.0206. The van der Waals surface area contributed by atoms with Crippen molar-refractivity contribution in [2.24, 2.45) is 0 Å². The number of hydrogen-bond donors (Lipinski definition) is 1. The number of amides is 1.